The lowest BCUT2D eigenvalue weighted by Crippen LogP contribution is -1.91. The van der Waals surface area contributed by atoms with E-state index in [1.165, 1.54) is 0 Å². The first-order chi connectivity index (χ1) is 9.65. The number of halogens is 2. The fourth-order valence-electron chi connectivity index (χ4n) is 1.77. The molecule has 3 rings (SSSR count). The third kappa shape index (κ3) is 2.42. The Labute approximate surface area is 128 Å². The van der Waals surface area contributed by atoms with Gasteiger partial charge in [0.05, 0.1) is 11.3 Å². The highest BCUT2D eigenvalue weighted by atomic mass is 79.9. The zero-order chi connectivity index (χ0) is 14.1. The van der Waals surface area contributed by atoms with Gasteiger partial charge in [-0.05, 0) is 52.3 Å². The van der Waals surface area contributed by atoms with Gasteiger partial charge in [-0.15, -0.1) is 0 Å². The van der Waals surface area contributed by atoms with E-state index in [0.29, 0.717) is 28.0 Å². The molecule has 4 nitrogen and oxygen atoms in total. The van der Waals surface area contributed by atoms with Gasteiger partial charge in [0, 0.05) is 15.1 Å². The summed E-state index contributed by atoms with van der Waals surface area (Å²) in [6, 6.07) is 12.8. The Bertz CT molecular complexity index is 755. The number of benzene rings is 2. The van der Waals surface area contributed by atoms with Crippen LogP contribution in [0.4, 0.5) is 5.69 Å². The average Bonchev–Trinajstić information content (AvgIpc) is 2.92. The molecular weight excluding hydrogens is 342 g/mol. The standard InChI is InChI=1S/C14H9BrClN3O/c15-11-3-1-2-10(12(11)17)14-18-13(19-20-14)8-4-6-9(16)7-5-8/h1-7H,17H2. The zero-order valence-corrected chi connectivity index (χ0v) is 12.5. The summed E-state index contributed by atoms with van der Waals surface area (Å²) in [6.45, 7) is 0. The van der Waals surface area contributed by atoms with E-state index in [4.69, 9.17) is 21.9 Å². The largest absolute Gasteiger partial charge is 0.397 e. The van der Waals surface area contributed by atoms with Gasteiger partial charge in [0.2, 0.25) is 5.82 Å². The second-order valence-electron chi connectivity index (χ2n) is 4.13. The van der Waals surface area contributed by atoms with Crippen LogP contribution in [0.15, 0.2) is 51.5 Å². The Morgan fingerprint density at radius 1 is 1.10 bits per heavy atom. The average molecular weight is 351 g/mol. The molecular formula is C14H9BrClN3O. The van der Waals surface area contributed by atoms with E-state index >= 15 is 0 Å². The van der Waals surface area contributed by atoms with Crippen molar-refractivity contribution in [2.24, 2.45) is 0 Å². The Kier molecular flexibility index (Phi) is 3.46. The molecule has 0 aliphatic carbocycles. The van der Waals surface area contributed by atoms with Crippen LogP contribution in [-0.2, 0) is 0 Å². The third-order valence-corrected chi connectivity index (χ3v) is 3.76. The zero-order valence-electron chi connectivity index (χ0n) is 10.2. The van der Waals surface area contributed by atoms with Crippen molar-refractivity contribution in [1.82, 2.24) is 10.1 Å². The molecule has 2 N–H and O–H groups in total. The number of hydrogen-bond donors (Lipinski definition) is 1. The van der Waals surface area contributed by atoms with Gasteiger partial charge < -0.3 is 10.3 Å². The van der Waals surface area contributed by atoms with Crippen molar-refractivity contribution < 1.29 is 4.52 Å². The fraction of sp³-hybridized carbons (Fsp3) is 0. The highest BCUT2D eigenvalue weighted by Gasteiger charge is 2.14. The SMILES string of the molecule is Nc1c(Br)cccc1-c1nc(-c2ccc(Cl)cc2)no1. The van der Waals surface area contributed by atoms with Crippen LogP contribution >= 0.6 is 27.5 Å². The van der Waals surface area contributed by atoms with Crippen molar-refractivity contribution in [3.63, 3.8) is 0 Å². The van der Waals surface area contributed by atoms with E-state index in [9.17, 15) is 0 Å². The minimum Gasteiger partial charge on any atom is -0.397 e. The lowest BCUT2D eigenvalue weighted by atomic mass is 10.2. The second kappa shape index (κ2) is 5.26. The first kappa shape index (κ1) is 13.1. The summed E-state index contributed by atoms with van der Waals surface area (Å²) in [4.78, 5) is 4.36. The molecule has 0 spiro atoms. The molecule has 1 aromatic heterocycles. The normalized spacial score (nSPS) is 10.7. The Morgan fingerprint density at radius 3 is 2.60 bits per heavy atom. The van der Waals surface area contributed by atoms with Gasteiger partial charge in [-0.25, -0.2) is 0 Å². The topological polar surface area (TPSA) is 64.9 Å². The van der Waals surface area contributed by atoms with E-state index in [1.807, 2.05) is 30.3 Å². The Morgan fingerprint density at radius 2 is 1.85 bits per heavy atom. The van der Waals surface area contributed by atoms with Gasteiger partial charge in [-0.2, -0.15) is 4.98 Å². The molecule has 0 aliphatic rings. The summed E-state index contributed by atoms with van der Waals surface area (Å²) in [5, 5.41) is 4.62. The molecule has 0 radical (unpaired) electrons. The minimum atomic E-state index is 0.383. The fourth-order valence-corrected chi connectivity index (χ4v) is 2.26. The molecule has 0 amide bonds. The molecule has 0 saturated heterocycles. The van der Waals surface area contributed by atoms with Gasteiger partial charge in [0.25, 0.3) is 5.89 Å². The summed E-state index contributed by atoms with van der Waals surface area (Å²) in [6.07, 6.45) is 0. The molecule has 20 heavy (non-hydrogen) atoms. The number of nitrogens with two attached hydrogens (primary N) is 1. The van der Waals surface area contributed by atoms with E-state index < -0.39 is 0 Å². The van der Waals surface area contributed by atoms with E-state index in [2.05, 4.69) is 26.1 Å². The predicted octanol–water partition coefficient (Wildman–Crippen LogP) is 4.40. The lowest BCUT2D eigenvalue weighted by Gasteiger charge is -2.01. The number of nitrogen functional groups attached to an aromatic ring is 1. The number of hydrogen-bond acceptors (Lipinski definition) is 4. The monoisotopic (exact) mass is 349 g/mol. The van der Waals surface area contributed by atoms with Crippen LogP contribution in [0.3, 0.4) is 0 Å². The van der Waals surface area contributed by atoms with Crippen molar-refractivity contribution in [3.8, 4) is 22.8 Å². The molecule has 0 aliphatic heterocycles. The minimum absolute atomic E-state index is 0.383. The Balaban J connectivity index is 2.02. The van der Waals surface area contributed by atoms with Crippen LogP contribution in [0.1, 0.15) is 0 Å². The summed E-state index contributed by atoms with van der Waals surface area (Å²) in [7, 11) is 0. The quantitative estimate of drug-likeness (QED) is 0.696. The number of aromatic nitrogens is 2. The molecule has 6 heteroatoms. The Hall–Kier alpha value is -1.85. The molecule has 3 aromatic rings. The van der Waals surface area contributed by atoms with Gasteiger partial charge in [-0.3, -0.25) is 0 Å². The smallest absolute Gasteiger partial charge is 0.260 e. The maximum Gasteiger partial charge on any atom is 0.260 e. The lowest BCUT2D eigenvalue weighted by molar-refractivity contribution is 0.432. The van der Waals surface area contributed by atoms with Gasteiger partial charge in [0.1, 0.15) is 0 Å². The van der Waals surface area contributed by atoms with Gasteiger partial charge >= 0.3 is 0 Å². The van der Waals surface area contributed by atoms with E-state index in [0.717, 1.165) is 10.0 Å². The van der Waals surface area contributed by atoms with Crippen molar-refractivity contribution in [2.45, 2.75) is 0 Å². The van der Waals surface area contributed by atoms with Crippen LogP contribution < -0.4 is 5.73 Å². The molecule has 0 unspecified atom stereocenters. The van der Waals surface area contributed by atoms with Crippen LogP contribution in [0, 0.1) is 0 Å². The first-order valence-electron chi connectivity index (χ1n) is 5.79. The van der Waals surface area contributed by atoms with Crippen molar-refractivity contribution in [2.75, 3.05) is 5.73 Å². The number of rotatable bonds is 2. The molecule has 2 aromatic carbocycles. The van der Waals surface area contributed by atoms with E-state index in [1.54, 1.807) is 12.1 Å². The van der Waals surface area contributed by atoms with Crippen molar-refractivity contribution in [1.29, 1.82) is 0 Å². The maximum atomic E-state index is 5.99. The van der Waals surface area contributed by atoms with Crippen LogP contribution in [-0.4, -0.2) is 10.1 Å². The highest BCUT2D eigenvalue weighted by Crippen LogP contribution is 2.31. The number of anilines is 1. The summed E-state index contributed by atoms with van der Waals surface area (Å²) in [5.41, 5.74) is 8.09. The molecule has 0 fully saturated rings. The second-order valence-corrected chi connectivity index (χ2v) is 5.42. The highest BCUT2D eigenvalue weighted by molar-refractivity contribution is 9.10. The van der Waals surface area contributed by atoms with Crippen molar-refractivity contribution in [3.05, 3.63) is 52.0 Å². The van der Waals surface area contributed by atoms with Crippen LogP contribution in [0.5, 0.6) is 0 Å². The summed E-state index contributed by atoms with van der Waals surface area (Å²) >= 11 is 9.23. The molecule has 0 bridgehead atoms. The number of para-hydroxylation sites is 1. The molecule has 0 atom stereocenters. The molecule has 0 saturated carbocycles. The van der Waals surface area contributed by atoms with Gasteiger partial charge in [0.15, 0.2) is 0 Å². The van der Waals surface area contributed by atoms with Gasteiger partial charge in [-0.1, -0.05) is 22.8 Å². The predicted molar refractivity (Wildman–Crippen MR) is 82.3 cm³/mol. The molecule has 1 heterocycles. The summed E-state index contributed by atoms with van der Waals surface area (Å²) < 4.78 is 6.07. The first-order valence-corrected chi connectivity index (χ1v) is 6.96. The van der Waals surface area contributed by atoms with Crippen LogP contribution in [0.2, 0.25) is 5.02 Å². The molecule has 100 valence electrons. The maximum absolute atomic E-state index is 5.99. The number of nitrogens with zero attached hydrogens (tertiary/aromatic N) is 2. The van der Waals surface area contributed by atoms with Crippen LogP contribution in [0.25, 0.3) is 22.8 Å². The third-order valence-electron chi connectivity index (χ3n) is 2.81. The van der Waals surface area contributed by atoms with Crippen molar-refractivity contribution >= 4 is 33.2 Å². The summed E-state index contributed by atoms with van der Waals surface area (Å²) in [5.74, 6) is 0.879. The van der Waals surface area contributed by atoms with E-state index in [-0.39, 0.29) is 0 Å².